The summed E-state index contributed by atoms with van der Waals surface area (Å²) in [6.07, 6.45) is 0.326. The summed E-state index contributed by atoms with van der Waals surface area (Å²) in [6.45, 7) is 1.89. The lowest BCUT2D eigenvalue weighted by atomic mass is 10.2. The fourth-order valence-corrected chi connectivity index (χ4v) is 2.15. The van der Waals surface area contributed by atoms with Gasteiger partial charge in [0.15, 0.2) is 5.78 Å². The standard InChI is InChI=1S/C18H17F2NO2S/c1-12-5-8-14(9-6-12)23-11-13(22)7-10-17(24)21-18-15(19)3-2-4-16(18)20/h2-6,8-9H,7,10-11H2,1H3,(H,21,24). The van der Waals surface area contributed by atoms with Crippen molar-refractivity contribution < 1.29 is 18.3 Å². The zero-order valence-corrected chi connectivity index (χ0v) is 14.0. The highest BCUT2D eigenvalue weighted by Gasteiger charge is 2.11. The first kappa shape index (κ1) is 18.0. The van der Waals surface area contributed by atoms with Crippen molar-refractivity contribution in [2.45, 2.75) is 19.8 Å². The Kier molecular flexibility index (Phi) is 6.37. The highest BCUT2D eigenvalue weighted by Crippen LogP contribution is 2.18. The molecule has 0 atom stereocenters. The molecule has 24 heavy (non-hydrogen) atoms. The molecule has 0 bridgehead atoms. The van der Waals surface area contributed by atoms with Crippen molar-refractivity contribution in [2.75, 3.05) is 11.9 Å². The molecule has 0 unspecified atom stereocenters. The SMILES string of the molecule is Cc1ccc(OCC(=O)CCC(=S)Nc2c(F)cccc2F)cc1. The molecule has 0 heterocycles. The summed E-state index contributed by atoms with van der Waals surface area (Å²) in [6, 6.07) is 10.9. The molecule has 2 rings (SSSR count). The van der Waals surface area contributed by atoms with Crippen LogP contribution >= 0.6 is 12.2 Å². The van der Waals surface area contributed by atoms with Crippen LogP contribution in [-0.4, -0.2) is 17.4 Å². The van der Waals surface area contributed by atoms with Crippen molar-refractivity contribution in [2.24, 2.45) is 0 Å². The molecule has 6 heteroatoms. The van der Waals surface area contributed by atoms with E-state index in [1.807, 2.05) is 19.1 Å². The molecule has 0 amide bonds. The van der Waals surface area contributed by atoms with Gasteiger partial charge in [-0.2, -0.15) is 0 Å². The van der Waals surface area contributed by atoms with E-state index in [-0.39, 0.29) is 35.9 Å². The minimum atomic E-state index is -0.730. The average molecular weight is 349 g/mol. The van der Waals surface area contributed by atoms with Gasteiger partial charge in [0.1, 0.15) is 29.7 Å². The van der Waals surface area contributed by atoms with Crippen molar-refractivity contribution in [1.29, 1.82) is 0 Å². The Labute approximate surface area is 144 Å². The van der Waals surface area contributed by atoms with E-state index in [0.29, 0.717) is 5.75 Å². The molecular weight excluding hydrogens is 332 g/mol. The zero-order chi connectivity index (χ0) is 17.5. The minimum Gasteiger partial charge on any atom is -0.486 e. The lowest BCUT2D eigenvalue weighted by Crippen LogP contribution is -2.16. The maximum atomic E-state index is 13.5. The fourth-order valence-electron chi connectivity index (χ4n) is 1.94. The van der Waals surface area contributed by atoms with Crippen molar-refractivity contribution in [3.05, 3.63) is 59.7 Å². The van der Waals surface area contributed by atoms with E-state index in [0.717, 1.165) is 17.7 Å². The molecule has 0 aromatic heterocycles. The Bertz CT molecular complexity index is 712. The fraction of sp³-hybridized carbons (Fsp3) is 0.222. The van der Waals surface area contributed by atoms with Gasteiger partial charge < -0.3 is 10.1 Å². The van der Waals surface area contributed by atoms with Crippen molar-refractivity contribution >= 4 is 28.7 Å². The average Bonchev–Trinajstić information content (AvgIpc) is 2.56. The number of aryl methyl sites for hydroxylation is 1. The number of ether oxygens (including phenoxy) is 1. The van der Waals surface area contributed by atoms with Gasteiger partial charge in [-0.1, -0.05) is 36.0 Å². The molecule has 2 aromatic carbocycles. The first-order chi connectivity index (χ1) is 11.5. The highest BCUT2D eigenvalue weighted by molar-refractivity contribution is 7.80. The lowest BCUT2D eigenvalue weighted by molar-refractivity contribution is -0.120. The van der Waals surface area contributed by atoms with Crippen molar-refractivity contribution in [3.63, 3.8) is 0 Å². The number of hydrogen-bond acceptors (Lipinski definition) is 3. The van der Waals surface area contributed by atoms with E-state index < -0.39 is 11.6 Å². The molecule has 1 N–H and O–H groups in total. The van der Waals surface area contributed by atoms with Gasteiger partial charge in [-0.15, -0.1) is 0 Å². The Morgan fingerprint density at radius 1 is 1.08 bits per heavy atom. The normalized spacial score (nSPS) is 10.3. The van der Waals surface area contributed by atoms with Gasteiger partial charge in [-0.05, 0) is 31.2 Å². The number of hydrogen-bond donors (Lipinski definition) is 1. The Balaban J connectivity index is 1.77. The smallest absolute Gasteiger partial charge is 0.170 e. The summed E-state index contributed by atoms with van der Waals surface area (Å²) >= 11 is 5.03. The molecule has 0 saturated carbocycles. The van der Waals surface area contributed by atoms with Crippen LogP contribution in [0.2, 0.25) is 0 Å². The van der Waals surface area contributed by atoms with E-state index in [9.17, 15) is 13.6 Å². The third kappa shape index (κ3) is 5.38. The van der Waals surface area contributed by atoms with Crippen LogP contribution in [-0.2, 0) is 4.79 Å². The first-order valence-corrected chi connectivity index (χ1v) is 7.81. The third-order valence-corrected chi connectivity index (χ3v) is 3.59. The topological polar surface area (TPSA) is 38.3 Å². The lowest BCUT2D eigenvalue weighted by Gasteiger charge is -2.10. The van der Waals surface area contributed by atoms with Gasteiger partial charge in [0.2, 0.25) is 0 Å². The molecule has 0 spiro atoms. The number of halogens is 2. The number of Topliss-reactive ketones (excluding diaryl/α,β-unsaturated/α-hetero) is 1. The van der Waals surface area contributed by atoms with Gasteiger partial charge in [-0.3, -0.25) is 4.79 Å². The van der Waals surface area contributed by atoms with E-state index in [1.165, 1.54) is 6.07 Å². The number of rotatable bonds is 7. The molecule has 0 aliphatic heterocycles. The second-order valence-corrected chi connectivity index (χ2v) is 5.78. The summed E-state index contributed by atoms with van der Waals surface area (Å²) in [5.41, 5.74) is 0.802. The molecule has 0 aliphatic carbocycles. The van der Waals surface area contributed by atoms with Gasteiger partial charge in [0, 0.05) is 12.8 Å². The number of anilines is 1. The number of thiocarbonyl (C=S) groups is 1. The molecule has 2 aromatic rings. The molecule has 0 radical (unpaired) electrons. The van der Waals surface area contributed by atoms with Crippen molar-refractivity contribution in [3.8, 4) is 5.75 Å². The van der Waals surface area contributed by atoms with Gasteiger partial charge in [0.05, 0.1) is 4.99 Å². The van der Waals surface area contributed by atoms with Crippen LogP contribution < -0.4 is 10.1 Å². The van der Waals surface area contributed by atoms with Gasteiger partial charge in [-0.25, -0.2) is 8.78 Å². The van der Waals surface area contributed by atoms with Crippen LogP contribution in [0.3, 0.4) is 0 Å². The van der Waals surface area contributed by atoms with E-state index in [2.05, 4.69) is 5.32 Å². The summed E-state index contributed by atoms with van der Waals surface area (Å²) in [4.78, 5) is 12.0. The maximum Gasteiger partial charge on any atom is 0.170 e. The van der Waals surface area contributed by atoms with Crippen LogP contribution in [0.15, 0.2) is 42.5 Å². The molecule has 126 valence electrons. The number of para-hydroxylation sites is 1. The van der Waals surface area contributed by atoms with E-state index in [1.54, 1.807) is 12.1 Å². The molecule has 0 aliphatic rings. The number of carbonyl (C=O) groups is 1. The highest BCUT2D eigenvalue weighted by atomic mass is 32.1. The maximum absolute atomic E-state index is 13.5. The third-order valence-electron chi connectivity index (χ3n) is 3.28. The summed E-state index contributed by atoms with van der Waals surface area (Å²) in [5, 5.41) is 2.50. The van der Waals surface area contributed by atoms with Crippen LogP contribution in [0, 0.1) is 18.6 Å². The molecule has 0 fully saturated rings. The molecular formula is C18H17F2NO2S. The Hall–Kier alpha value is -2.34. The van der Waals surface area contributed by atoms with Crippen LogP contribution in [0.4, 0.5) is 14.5 Å². The van der Waals surface area contributed by atoms with E-state index >= 15 is 0 Å². The monoisotopic (exact) mass is 349 g/mol. The van der Waals surface area contributed by atoms with Crippen LogP contribution in [0.25, 0.3) is 0 Å². The predicted octanol–water partition coefficient (Wildman–Crippen LogP) is 4.44. The predicted molar refractivity (Wildman–Crippen MR) is 93.5 cm³/mol. The Morgan fingerprint density at radius 3 is 2.33 bits per heavy atom. The van der Waals surface area contributed by atoms with Crippen LogP contribution in [0.5, 0.6) is 5.75 Å². The number of benzene rings is 2. The van der Waals surface area contributed by atoms with E-state index in [4.69, 9.17) is 17.0 Å². The largest absolute Gasteiger partial charge is 0.486 e. The number of ketones is 1. The number of nitrogens with one attached hydrogen (secondary N) is 1. The minimum absolute atomic E-state index is 0.0697. The summed E-state index contributed by atoms with van der Waals surface area (Å²) in [7, 11) is 0. The van der Waals surface area contributed by atoms with Gasteiger partial charge in [0.25, 0.3) is 0 Å². The first-order valence-electron chi connectivity index (χ1n) is 7.41. The molecule has 0 saturated heterocycles. The molecule has 3 nitrogen and oxygen atoms in total. The Morgan fingerprint density at radius 2 is 1.71 bits per heavy atom. The van der Waals surface area contributed by atoms with Crippen molar-refractivity contribution in [1.82, 2.24) is 0 Å². The van der Waals surface area contributed by atoms with Crippen LogP contribution in [0.1, 0.15) is 18.4 Å². The second kappa shape index (κ2) is 8.49. The summed E-state index contributed by atoms with van der Waals surface area (Å²) in [5.74, 6) is -0.991. The van der Waals surface area contributed by atoms with Gasteiger partial charge >= 0.3 is 0 Å². The summed E-state index contributed by atoms with van der Waals surface area (Å²) < 4.78 is 32.4. The second-order valence-electron chi connectivity index (χ2n) is 5.29. The zero-order valence-electron chi connectivity index (χ0n) is 13.1. The number of carbonyl (C=O) groups excluding carboxylic acids is 1. The quantitative estimate of drug-likeness (QED) is 0.750.